The van der Waals surface area contributed by atoms with E-state index in [2.05, 4.69) is 0 Å². The second-order valence-electron chi connectivity index (χ2n) is 5.95. The van der Waals surface area contributed by atoms with Gasteiger partial charge < -0.3 is 9.47 Å². The number of amides is 2. The fourth-order valence-electron chi connectivity index (χ4n) is 3.29. The molecule has 0 unspecified atom stereocenters. The molecule has 5 heteroatoms. The Kier molecular flexibility index (Phi) is 3.84. The molecule has 130 valence electrons. The summed E-state index contributed by atoms with van der Waals surface area (Å²) >= 11 is 0. The highest BCUT2D eigenvalue weighted by atomic mass is 16.5. The zero-order valence-electron chi connectivity index (χ0n) is 14.5. The lowest BCUT2D eigenvalue weighted by Crippen LogP contribution is -2.40. The molecule has 2 amide bonds. The molecule has 0 saturated carbocycles. The van der Waals surface area contributed by atoms with Gasteiger partial charge in [0.05, 0.1) is 25.0 Å². The predicted octanol–water partition coefficient (Wildman–Crippen LogP) is 4.05. The SMILES string of the molecule is CCOc1ccc(N2C(=O)c3cccc4cc(OC)cc(c34)C2=O)cc1. The number of benzene rings is 3. The van der Waals surface area contributed by atoms with Crippen molar-refractivity contribution in [2.45, 2.75) is 6.92 Å². The zero-order chi connectivity index (χ0) is 18.3. The first kappa shape index (κ1) is 16.1. The van der Waals surface area contributed by atoms with E-state index in [0.29, 0.717) is 40.3 Å². The van der Waals surface area contributed by atoms with E-state index in [1.165, 1.54) is 4.90 Å². The van der Waals surface area contributed by atoms with Crippen LogP contribution in [-0.4, -0.2) is 25.5 Å². The summed E-state index contributed by atoms with van der Waals surface area (Å²) < 4.78 is 10.7. The van der Waals surface area contributed by atoms with Crippen molar-refractivity contribution in [3.63, 3.8) is 0 Å². The van der Waals surface area contributed by atoms with Crippen LogP contribution in [0.4, 0.5) is 5.69 Å². The molecule has 0 saturated heterocycles. The van der Waals surface area contributed by atoms with E-state index in [1.807, 2.05) is 25.1 Å². The number of methoxy groups -OCH3 is 1. The number of hydrogen-bond donors (Lipinski definition) is 0. The summed E-state index contributed by atoms with van der Waals surface area (Å²) in [4.78, 5) is 27.3. The van der Waals surface area contributed by atoms with E-state index in [1.54, 1.807) is 43.5 Å². The van der Waals surface area contributed by atoms with Crippen molar-refractivity contribution in [3.8, 4) is 11.5 Å². The number of nitrogens with zero attached hydrogens (tertiary/aromatic N) is 1. The third-order valence-corrected chi connectivity index (χ3v) is 4.46. The minimum Gasteiger partial charge on any atom is -0.497 e. The summed E-state index contributed by atoms with van der Waals surface area (Å²) in [6.45, 7) is 2.45. The lowest BCUT2D eigenvalue weighted by atomic mass is 9.93. The van der Waals surface area contributed by atoms with Gasteiger partial charge in [-0.2, -0.15) is 0 Å². The molecule has 1 heterocycles. The Bertz CT molecular complexity index is 1020. The molecular weight excluding hydrogens is 330 g/mol. The van der Waals surface area contributed by atoms with Crippen LogP contribution in [-0.2, 0) is 0 Å². The lowest BCUT2D eigenvalue weighted by Gasteiger charge is -2.27. The van der Waals surface area contributed by atoms with Gasteiger partial charge in [0.15, 0.2) is 0 Å². The normalized spacial score (nSPS) is 13.2. The van der Waals surface area contributed by atoms with Crippen molar-refractivity contribution in [3.05, 3.63) is 65.7 Å². The highest BCUT2D eigenvalue weighted by molar-refractivity contribution is 6.35. The van der Waals surface area contributed by atoms with Gasteiger partial charge >= 0.3 is 0 Å². The maximum atomic E-state index is 13.1. The summed E-state index contributed by atoms with van der Waals surface area (Å²) in [6, 6.07) is 15.9. The van der Waals surface area contributed by atoms with Crippen LogP contribution in [0.3, 0.4) is 0 Å². The quantitative estimate of drug-likeness (QED) is 0.668. The van der Waals surface area contributed by atoms with Gasteiger partial charge in [0, 0.05) is 10.9 Å². The molecule has 1 aliphatic rings. The molecular formula is C21H17NO4. The Morgan fingerprint density at radius 1 is 0.885 bits per heavy atom. The van der Waals surface area contributed by atoms with E-state index < -0.39 is 0 Å². The Hall–Kier alpha value is -3.34. The molecule has 0 aliphatic carbocycles. The number of imide groups is 1. The fraction of sp³-hybridized carbons (Fsp3) is 0.143. The van der Waals surface area contributed by atoms with E-state index >= 15 is 0 Å². The molecule has 0 N–H and O–H groups in total. The van der Waals surface area contributed by atoms with Crippen molar-refractivity contribution in [1.29, 1.82) is 0 Å². The molecule has 3 aromatic carbocycles. The minimum absolute atomic E-state index is 0.331. The van der Waals surface area contributed by atoms with Gasteiger partial charge in [0.2, 0.25) is 0 Å². The molecule has 0 spiro atoms. The second-order valence-corrected chi connectivity index (χ2v) is 5.95. The first-order valence-electron chi connectivity index (χ1n) is 8.36. The third-order valence-electron chi connectivity index (χ3n) is 4.46. The lowest BCUT2D eigenvalue weighted by molar-refractivity contribution is 0.0893. The zero-order valence-corrected chi connectivity index (χ0v) is 14.5. The molecule has 1 aliphatic heterocycles. The van der Waals surface area contributed by atoms with E-state index in [9.17, 15) is 9.59 Å². The van der Waals surface area contributed by atoms with Crippen LogP contribution in [0.2, 0.25) is 0 Å². The summed E-state index contributed by atoms with van der Waals surface area (Å²) in [5, 5.41) is 1.48. The van der Waals surface area contributed by atoms with Crippen molar-refractivity contribution in [2.75, 3.05) is 18.6 Å². The van der Waals surface area contributed by atoms with Crippen molar-refractivity contribution >= 4 is 28.3 Å². The van der Waals surface area contributed by atoms with Crippen LogP contribution in [0.15, 0.2) is 54.6 Å². The minimum atomic E-state index is -0.359. The Morgan fingerprint density at radius 2 is 1.62 bits per heavy atom. The largest absolute Gasteiger partial charge is 0.497 e. The van der Waals surface area contributed by atoms with Crippen LogP contribution >= 0.6 is 0 Å². The van der Waals surface area contributed by atoms with Crippen molar-refractivity contribution in [2.24, 2.45) is 0 Å². The Balaban J connectivity index is 1.87. The molecule has 0 radical (unpaired) electrons. The van der Waals surface area contributed by atoms with Gasteiger partial charge in [-0.25, -0.2) is 4.90 Å². The van der Waals surface area contributed by atoms with Gasteiger partial charge in [-0.15, -0.1) is 0 Å². The van der Waals surface area contributed by atoms with Crippen molar-refractivity contribution < 1.29 is 19.1 Å². The van der Waals surface area contributed by atoms with Gasteiger partial charge in [-0.3, -0.25) is 9.59 Å². The highest BCUT2D eigenvalue weighted by Crippen LogP contribution is 2.35. The maximum absolute atomic E-state index is 13.1. The summed E-state index contributed by atoms with van der Waals surface area (Å²) in [5.74, 6) is 0.584. The molecule has 5 nitrogen and oxygen atoms in total. The third kappa shape index (κ3) is 2.40. The number of hydrogen-bond acceptors (Lipinski definition) is 4. The van der Waals surface area contributed by atoms with E-state index in [0.717, 1.165) is 5.39 Å². The molecule has 3 aromatic rings. The number of rotatable bonds is 4. The molecule has 26 heavy (non-hydrogen) atoms. The predicted molar refractivity (Wildman–Crippen MR) is 99.3 cm³/mol. The number of carbonyl (C=O) groups excluding carboxylic acids is 2. The van der Waals surface area contributed by atoms with E-state index in [-0.39, 0.29) is 11.8 Å². The van der Waals surface area contributed by atoms with Gasteiger partial charge in [-0.05, 0) is 54.8 Å². The fourth-order valence-corrected chi connectivity index (χ4v) is 3.29. The van der Waals surface area contributed by atoms with Crippen LogP contribution < -0.4 is 14.4 Å². The number of carbonyl (C=O) groups is 2. The average Bonchev–Trinajstić information content (AvgIpc) is 2.67. The van der Waals surface area contributed by atoms with E-state index in [4.69, 9.17) is 9.47 Å². The van der Waals surface area contributed by atoms with Crippen LogP contribution in [0, 0.1) is 0 Å². The summed E-state index contributed by atoms with van der Waals surface area (Å²) in [5.41, 5.74) is 1.48. The second kappa shape index (κ2) is 6.19. The maximum Gasteiger partial charge on any atom is 0.266 e. The van der Waals surface area contributed by atoms with Gasteiger partial charge in [0.1, 0.15) is 11.5 Å². The molecule has 0 atom stereocenters. The first-order chi connectivity index (χ1) is 12.6. The monoisotopic (exact) mass is 347 g/mol. The highest BCUT2D eigenvalue weighted by Gasteiger charge is 2.34. The van der Waals surface area contributed by atoms with Gasteiger partial charge in [-0.1, -0.05) is 12.1 Å². The summed E-state index contributed by atoms with van der Waals surface area (Å²) in [6.07, 6.45) is 0. The topological polar surface area (TPSA) is 55.8 Å². The summed E-state index contributed by atoms with van der Waals surface area (Å²) in [7, 11) is 1.56. The smallest absolute Gasteiger partial charge is 0.266 e. The standard InChI is InChI=1S/C21H17NO4/c1-3-26-15-9-7-14(8-10-15)22-20(23)17-6-4-5-13-11-16(25-2)12-18(19(13)17)21(22)24/h4-12H,3H2,1-2H3. The van der Waals surface area contributed by atoms with Crippen LogP contribution in [0.25, 0.3) is 10.8 Å². The number of anilines is 1. The van der Waals surface area contributed by atoms with Crippen molar-refractivity contribution in [1.82, 2.24) is 0 Å². The Morgan fingerprint density at radius 3 is 2.31 bits per heavy atom. The van der Waals surface area contributed by atoms with Crippen LogP contribution in [0.5, 0.6) is 11.5 Å². The van der Waals surface area contributed by atoms with Gasteiger partial charge in [0.25, 0.3) is 11.8 Å². The molecule has 0 aromatic heterocycles. The average molecular weight is 347 g/mol. The molecule has 0 bridgehead atoms. The Labute approximate surface area is 150 Å². The molecule has 4 rings (SSSR count). The number of ether oxygens (including phenoxy) is 2. The van der Waals surface area contributed by atoms with Crippen LogP contribution in [0.1, 0.15) is 27.6 Å². The molecule has 0 fully saturated rings. The first-order valence-corrected chi connectivity index (χ1v) is 8.36.